The molecular weight excluding hydrogens is 280 g/mol. The minimum absolute atomic E-state index is 0.341. The third-order valence-corrected chi connectivity index (χ3v) is 4.46. The summed E-state index contributed by atoms with van der Waals surface area (Å²) in [5, 5.41) is 0. The Balaban J connectivity index is 2.00. The van der Waals surface area contributed by atoms with E-state index in [0.29, 0.717) is 0 Å². The molecule has 116 valence electrons. The van der Waals surface area contributed by atoms with E-state index >= 15 is 0 Å². The fraction of sp³-hybridized carbons (Fsp3) is 0.182. The Labute approximate surface area is 138 Å². The van der Waals surface area contributed by atoms with E-state index in [2.05, 4.69) is 85.8 Å². The molecule has 0 aliphatic heterocycles. The van der Waals surface area contributed by atoms with Gasteiger partial charge in [-0.25, -0.2) is 0 Å². The van der Waals surface area contributed by atoms with E-state index in [1.165, 1.54) is 22.3 Å². The van der Waals surface area contributed by atoms with Crippen molar-refractivity contribution < 1.29 is 4.74 Å². The Morgan fingerprint density at radius 1 is 0.739 bits per heavy atom. The van der Waals surface area contributed by atoms with Gasteiger partial charge in [-0.2, -0.15) is 0 Å². The Bertz CT molecular complexity index is 749. The van der Waals surface area contributed by atoms with E-state index in [1.54, 1.807) is 7.11 Å². The van der Waals surface area contributed by atoms with Gasteiger partial charge in [0, 0.05) is 13.5 Å². The Kier molecular flexibility index (Phi) is 4.59. The van der Waals surface area contributed by atoms with Crippen molar-refractivity contribution in [1.82, 2.24) is 0 Å². The van der Waals surface area contributed by atoms with Crippen LogP contribution in [0.2, 0.25) is 0 Å². The Hall–Kier alpha value is -2.38. The highest BCUT2D eigenvalue weighted by atomic mass is 16.5. The zero-order chi connectivity index (χ0) is 16.1. The van der Waals surface area contributed by atoms with Crippen LogP contribution in [-0.2, 0) is 16.8 Å². The standard InChI is InChI=1S/C22H22O/c1-22(23-2,20-14-7-4-8-15-20)17-19-13-9-10-16-21(19)18-11-5-3-6-12-18/h3-16H,17H2,1-2H3. The van der Waals surface area contributed by atoms with E-state index < -0.39 is 0 Å². The molecule has 23 heavy (non-hydrogen) atoms. The lowest BCUT2D eigenvalue weighted by atomic mass is 9.86. The van der Waals surface area contributed by atoms with Gasteiger partial charge in [-0.05, 0) is 29.2 Å². The van der Waals surface area contributed by atoms with Crippen LogP contribution in [0, 0.1) is 0 Å². The molecule has 0 N–H and O–H groups in total. The van der Waals surface area contributed by atoms with Crippen molar-refractivity contribution in [3.05, 3.63) is 96.1 Å². The highest BCUT2D eigenvalue weighted by Gasteiger charge is 2.27. The summed E-state index contributed by atoms with van der Waals surface area (Å²) in [4.78, 5) is 0. The summed E-state index contributed by atoms with van der Waals surface area (Å²) in [7, 11) is 1.79. The van der Waals surface area contributed by atoms with Gasteiger partial charge in [0.15, 0.2) is 0 Å². The van der Waals surface area contributed by atoms with Gasteiger partial charge >= 0.3 is 0 Å². The molecule has 0 spiro atoms. The monoisotopic (exact) mass is 302 g/mol. The first kappa shape index (κ1) is 15.5. The van der Waals surface area contributed by atoms with Gasteiger partial charge in [0.1, 0.15) is 0 Å². The molecule has 3 aromatic rings. The third kappa shape index (κ3) is 3.35. The number of benzene rings is 3. The number of ether oxygens (including phenoxy) is 1. The molecule has 0 aliphatic rings. The van der Waals surface area contributed by atoms with E-state index in [1.807, 2.05) is 6.07 Å². The maximum atomic E-state index is 5.92. The molecule has 0 amide bonds. The van der Waals surface area contributed by atoms with Gasteiger partial charge in [0.2, 0.25) is 0 Å². The lowest BCUT2D eigenvalue weighted by Crippen LogP contribution is -2.27. The van der Waals surface area contributed by atoms with Crippen LogP contribution in [0.1, 0.15) is 18.1 Å². The van der Waals surface area contributed by atoms with Crippen LogP contribution >= 0.6 is 0 Å². The minimum Gasteiger partial charge on any atom is -0.373 e. The molecule has 1 atom stereocenters. The van der Waals surface area contributed by atoms with Crippen LogP contribution in [0.3, 0.4) is 0 Å². The van der Waals surface area contributed by atoms with Gasteiger partial charge < -0.3 is 4.74 Å². The van der Waals surface area contributed by atoms with Crippen molar-refractivity contribution in [3.63, 3.8) is 0 Å². The summed E-state index contributed by atoms with van der Waals surface area (Å²) in [5.41, 5.74) is 4.67. The lowest BCUT2D eigenvalue weighted by molar-refractivity contribution is 0.00231. The molecule has 3 aromatic carbocycles. The van der Waals surface area contributed by atoms with Crippen molar-refractivity contribution in [2.75, 3.05) is 7.11 Å². The van der Waals surface area contributed by atoms with Crippen LogP contribution < -0.4 is 0 Å². The second-order valence-electron chi connectivity index (χ2n) is 6.00. The van der Waals surface area contributed by atoms with E-state index in [9.17, 15) is 0 Å². The van der Waals surface area contributed by atoms with Crippen molar-refractivity contribution in [3.8, 4) is 11.1 Å². The maximum absolute atomic E-state index is 5.92. The van der Waals surface area contributed by atoms with Crippen molar-refractivity contribution >= 4 is 0 Å². The summed E-state index contributed by atoms with van der Waals surface area (Å²) in [6, 6.07) is 29.5. The summed E-state index contributed by atoms with van der Waals surface area (Å²) >= 11 is 0. The van der Waals surface area contributed by atoms with Crippen LogP contribution in [0.4, 0.5) is 0 Å². The Morgan fingerprint density at radius 2 is 1.30 bits per heavy atom. The highest BCUT2D eigenvalue weighted by Crippen LogP contribution is 2.33. The van der Waals surface area contributed by atoms with Gasteiger partial charge in [-0.1, -0.05) is 84.9 Å². The van der Waals surface area contributed by atoms with Crippen LogP contribution in [0.15, 0.2) is 84.9 Å². The average Bonchev–Trinajstić information content (AvgIpc) is 2.63. The zero-order valence-corrected chi connectivity index (χ0v) is 13.7. The van der Waals surface area contributed by atoms with Crippen molar-refractivity contribution in [1.29, 1.82) is 0 Å². The first-order valence-corrected chi connectivity index (χ1v) is 7.97. The summed E-state index contributed by atoms with van der Waals surface area (Å²) in [6.45, 7) is 2.16. The normalized spacial score (nSPS) is 13.5. The fourth-order valence-electron chi connectivity index (χ4n) is 3.02. The fourth-order valence-corrected chi connectivity index (χ4v) is 3.02. The zero-order valence-electron chi connectivity index (χ0n) is 13.7. The molecule has 0 fully saturated rings. The van der Waals surface area contributed by atoms with Crippen molar-refractivity contribution in [2.45, 2.75) is 18.9 Å². The molecule has 3 rings (SSSR count). The maximum Gasteiger partial charge on any atom is 0.0939 e. The molecular formula is C22H22O. The highest BCUT2D eigenvalue weighted by molar-refractivity contribution is 5.67. The number of hydrogen-bond acceptors (Lipinski definition) is 1. The van der Waals surface area contributed by atoms with Gasteiger partial charge in [-0.15, -0.1) is 0 Å². The second kappa shape index (κ2) is 6.80. The topological polar surface area (TPSA) is 9.23 Å². The quantitative estimate of drug-likeness (QED) is 0.608. The first-order chi connectivity index (χ1) is 11.2. The summed E-state index contributed by atoms with van der Waals surface area (Å²) < 4.78 is 5.92. The SMILES string of the molecule is COC(C)(Cc1ccccc1-c1ccccc1)c1ccccc1. The number of rotatable bonds is 5. The predicted molar refractivity (Wildman–Crippen MR) is 96.4 cm³/mol. The van der Waals surface area contributed by atoms with E-state index in [0.717, 1.165) is 6.42 Å². The molecule has 0 bridgehead atoms. The van der Waals surface area contributed by atoms with Crippen LogP contribution in [0.25, 0.3) is 11.1 Å². The molecule has 0 aliphatic carbocycles. The molecule has 1 nitrogen and oxygen atoms in total. The Morgan fingerprint density at radius 3 is 1.96 bits per heavy atom. The molecule has 0 radical (unpaired) electrons. The molecule has 1 unspecified atom stereocenters. The van der Waals surface area contributed by atoms with Crippen LogP contribution in [0.5, 0.6) is 0 Å². The minimum atomic E-state index is -0.341. The average molecular weight is 302 g/mol. The molecule has 0 saturated heterocycles. The summed E-state index contributed by atoms with van der Waals surface area (Å²) in [5.74, 6) is 0. The molecule has 0 heterocycles. The smallest absolute Gasteiger partial charge is 0.0939 e. The third-order valence-electron chi connectivity index (χ3n) is 4.46. The second-order valence-corrected chi connectivity index (χ2v) is 6.00. The van der Waals surface area contributed by atoms with E-state index in [4.69, 9.17) is 4.74 Å². The first-order valence-electron chi connectivity index (χ1n) is 7.97. The predicted octanol–water partition coefficient (Wildman–Crippen LogP) is 5.46. The van der Waals surface area contributed by atoms with Gasteiger partial charge in [0.05, 0.1) is 5.60 Å². The van der Waals surface area contributed by atoms with Crippen molar-refractivity contribution in [2.24, 2.45) is 0 Å². The summed E-state index contributed by atoms with van der Waals surface area (Å²) in [6.07, 6.45) is 0.832. The number of methoxy groups -OCH3 is 1. The van der Waals surface area contributed by atoms with Gasteiger partial charge in [-0.3, -0.25) is 0 Å². The number of hydrogen-bond donors (Lipinski definition) is 0. The van der Waals surface area contributed by atoms with E-state index in [-0.39, 0.29) is 5.60 Å². The lowest BCUT2D eigenvalue weighted by Gasteiger charge is -2.30. The molecule has 0 aromatic heterocycles. The molecule has 1 heteroatoms. The van der Waals surface area contributed by atoms with Gasteiger partial charge in [0.25, 0.3) is 0 Å². The molecule has 0 saturated carbocycles. The largest absolute Gasteiger partial charge is 0.373 e. The van der Waals surface area contributed by atoms with Crippen LogP contribution in [-0.4, -0.2) is 7.11 Å².